The molecule has 1 aromatic rings. The maximum Gasteiger partial charge on any atom is 0.224 e. The Hall–Kier alpha value is -1.66. The molecule has 0 unspecified atom stereocenters. The molecule has 1 N–H and O–H groups in total. The minimum Gasteiger partial charge on any atom is -0.354 e. The van der Waals surface area contributed by atoms with E-state index in [2.05, 4.69) is 51.0 Å². The highest BCUT2D eigenvalue weighted by Gasteiger charge is 2.19. The summed E-state index contributed by atoms with van der Waals surface area (Å²) in [5, 5.41) is 3.53. The van der Waals surface area contributed by atoms with Gasteiger partial charge in [-0.1, -0.05) is 19.8 Å². The van der Waals surface area contributed by atoms with Crippen molar-refractivity contribution in [3.63, 3.8) is 0 Å². The van der Waals surface area contributed by atoms with Crippen LogP contribution in [0.5, 0.6) is 0 Å². The first-order chi connectivity index (χ1) is 13.7. The lowest BCUT2D eigenvalue weighted by Crippen LogP contribution is -2.46. The van der Waals surface area contributed by atoms with E-state index in [4.69, 9.17) is 0 Å². The van der Waals surface area contributed by atoms with Crippen molar-refractivity contribution >= 4 is 11.7 Å². The molecule has 3 rings (SSSR count). The molecule has 3 heterocycles. The van der Waals surface area contributed by atoms with Gasteiger partial charge >= 0.3 is 0 Å². The number of piperazine rings is 1. The topological polar surface area (TPSA) is 51.7 Å². The van der Waals surface area contributed by atoms with Crippen molar-refractivity contribution < 1.29 is 4.79 Å². The minimum atomic E-state index is 0.181. The quantitative estimate of drug-likeness (QED) is 0.779. The number of hydrogen-bond acceptors (Lipinski definition) is 5. The molecule has 2 aliphatic heterocycles. The van der Waals surface area contributed by atoms with Crippen LogP contribution in [0.3, 0.4) is 0 Å². The van der Waals surface area contributed by atoms with Gasteiger partial charge in [-0.15, -0.1) is 0 Å². The van der Waals surface area contributed by atoms with Crippen molar-refractivity contribution in [3.8, 4) is 0 Å². The van der Waals surface area contributed by atoms with Gasteiger partial charge in [-0.3, -0.25) is 4.79 Å². The molecule has 0 radical (unpaired) electrons. The lowest BCUT2D eigenvalue weighted by Gasteiger charge is -2.34. The van der Waals surface area contributed by atoms with Gasteiger partial charge in [0.15, 0.2) is 0 Å². The van der Waals surface area contributed by atoms with Gasteiger partial charge in [0.25, 0.3) is 0 Å². The Morgan fingerprint density at radius 3 is 2.50 bits per heavy atom. The summed E-state index contributed by atoms with van der Waals surface area (Å²) in [6.45, 7) is 12.4. The first-order valence-corrected chi connectivity index (χ1v) is 11.1. The van der Waals surface area contributed by atoms with Gasteiger partial charge in [-0.05, 0) is 44.0 Å². The lowest BCUT2D eigenvalue weighted by molar-refractivity contribution is -0.131. The Bertz CT molecular complexity index is 607. The number of rotatable bonds is 7. The summed E-state index contributed by atoms with van der Waals surface area (Å²) in [6.07, 6.45) is 7.31. The zero-order valence-corrected chi connectivity index (χ0v) is 17.7. The van der Waals surface area contributed by atoms with Gasteiger partial charge in [-0.25, -0.2) is 4.98 Å². The Kier molecular flexibility index (Phi) is 8.10. The van der Waals surface area contributed by atoms with Crippen LogP contribution in [-0.2, 0) is 11.3 Å². The molecule has 1 aromatic heterocycles. The van der Waals surface area contributed by atoms with Crippen LogP contribution in [0.2, 0.25) is 0 Å². The van der Waals surface area contributed by atoms with Crippen molar-refractivity contribution in [1.29, 1.82) is 0 Å². The molecule has 6 heteroatoms. The molecule has 2 aliphatic rings. The maximum atomic E-state index is 12.5. The lowest BCUT2D eigenvalue weighted by atomic mass is 10.1. The van der Waals surface area contributed by atoms with Gasteiger partial charge in [0, 0.05) is 64.5 Å². The number of carbonyl (C=O) groups is 1. The van der Waals surface area contributed by atoms with Gasteiger partial charge in [0.05, 0.1) is 0 Å². The number of anilines is 1. The monoisotopic (exact) mass is 387 g/mol. The predicted molar refractivity (Wildman–Crippen MR) is 115 cm³/mol. The highest BCUT2D eigenvalue weighted by molar-refractivity contribution is 5.76. The average molecular weight is 388 g/mol. The first kappa shape index (κ1) is 21.1. The summed E-state index contributed by atoms with van der Waals surface area (Å²) in [6, 6.07) is 4.44. The van der Waals surface area contributed by atoms with Crippen LogP contribution in [0.25, 0.3) is 0 Å². The second kappa shape index (κ2) is 10.8. The second-order valence-electron chi connectivity index (χ2n) is 8.22. The molecule has 0 bridgehead atoms. The summed E-state index contributed by atoms with van der Waals surface area (Å²) in [5.41, 5.74) is 1.23. The molecule has 0 aromatic carbocycles. The number of likely N-dealkylation sites (N-methyl/N-ethyl adjacent to an activating group) is 1. The van der Waals surface area contributed by atoms with E-state index in [1.54, 1.807) is 0 Å². The van der Waals surface area contributed by atoms with Crippen LogP contribution in [0.15, 0.2) is 18.3 Å². The van der Waals surface area contributed by atoms with Crippen LogP contribution in [-0.4, -0.2) is 72.5 Å². The standard InChI is InChI=1S/C22H37N5O/c1-3-25-12-14-26(15-13-25)21-17-20(8-9-23-21)18-24-19(2)16-22(28)27-10-6-4-5-7-11-27/h8-9,17,19,24H,3-7,10-16,18H2,1-2H3/t19-/m1/s1. The van der Waals surface area contributed by atoms with E-state index >= 15 is 0 Å². The number of carbonyl (C=O) groups excluding carboxylic acids is 1. The van der Waals surface area contributed by atoms with Gasteiger partial charge < -0.3 is 20.0 Å². The van der Waals surface area contributed by atoms with Gasteiger partial charge in [0.1, 0.15) is 5.82 Å². The number of pyridine rings is 1. The Labute approximate surface area is 170 Å². The molecule has 2 fully saturated rings. The van der Waals surface area contributed by atoms with Crippen molar-refractivity contribution in [2.24, 2.45) is 0 Å². The fraction of sp³-hybridized carbons (Fsp3) is 0.727. The summed E-state index contributed by atoms with van der Waals surface area (Å²) in [4.78, 5) is 24.0. The smallest absolute Gasteiger partial charge is 0.224 e. The maximum absolute atomic E-state index is 12.5. The molecule has 2 saturated heterocycles. The number of likely N-dealkylation sites (tertiary alicyclic amines) is 1. The summed E-state index contributed by atoms with van der Waals surface area (Å²) < 4.78 is 0. The molecule has 28 heavy (non-hydrogen) atoms. The SMILES string of the molecule is CCN1CCN(c2cc(CN[C@H](C)CC(=O)N3CCCCCC3)ccn2)CC1. The molecule has 0 saturated carbocycles. The Morgan fingerprint density at radius 1 is 1.11 bits per heavy atom. The minimum absolute atomic E-state index is 0.181. The van der Waals surface area contributed by atoms with Crippen molar-refractivity contribution in [2.45, 2.75) is 58.5 Å². The zero-order valence-electron chi connectivity index (χ0n) is 17.7. The molecular weight excluding hydrogens is 350 g/mol. The van der Waals surface area contributed by atoms with Crippen LogP contribution in [0.4, 0.5) is 5.82 Å². The zero-order chi connectivity index (χ0) is 19.8. The number of amides is 1. The second-order valence-corrected chi connectivity index (χ2v) is 8.22. The van der Waals surface area contributed by atoms with Crippen LogP contribution in [0, 0.1) is 0 Å². The van der Waals surface area contributed by atoms with Crippen molar-refractivity contribution in [1.82, 2.24) is 20.1 Å². The van der Waals surface area contributed by atoms with Gasteiger partial charge in [0.2, 0.25) is 5.91 Å². The van der Waals surface area contributed by atoms with Crippen LogP contribution in [0.1, 0.15) is 51.5 Å². The van der Waals surface area contributed by atoms with Crippen LogP contribution >= 0.6 is 0 Å². The number of nitrogens with zero attached hydrogens (tertiary/aromatic N) is 4. The number of nitrogens with one attached hydrogen (secondary N) is 1. The molecule has 0 aliphatic carbocycles. The fourth-order valence-electron chi connectivity index (χ4n) is 4.11. The van der Waals surface area contributed by atoms with Crippen molar-refractivity contribution in [3.05, 3.63) is 23.9 Å². The van der Waals surface area contributed by atoms with E-state index in [1.165, 1.54) is 18.4 Å². The van der Waals surface area contributed by atoms with E-state index in [-0.39, 0.29) is 6.04 Å². The predicted octanol–water partition coefficient (Wildman–Crippen LogP) is 2.49. The third-order valence-corrected chi connectivity index (χ3v) is 6.05. The highest BCUT2D eigenvalue weighted by Crippen LogP contribution is 2.16. The summed E-state index contributed by atoms with van der Waals surface area (Å²) in [7, 11) is 0. The third kappa shape index (κ3) is 6.17. The molecule has 1 atom stereocenters. The van der Waals surface area contributed by atoms with E-state index in [0.29, 0.717) is 12.3 Å². The fourth-order valence-corrected chi connectivity index (χ4v) is 4.11. The normalized spacial score (nSPS) is 20.1. The average Bonchev–Trinajstić information content (AvgIpc) is 3.02. The molecule has 0 spiro atoms. The summed E-state index contributed by atoms with van der Waals surface area (Å²) in [5.74, 6) is 1.37. The van der Waals surface area contributed by atoms with E-state index in [1.807, 2.05) is 6.20 Å². The van der Waals surface area contributed by atoms with E-state index < -0.39 is 0 Å². The van der Waals surface area contributed by atoms with Crippen LogP contribution < -0.4 is 10.2 Å². The Balaban J connectivity index is 1.45. The number of hydrogen-bond donors (Lipinski definition) is 1. The van der Waals surface area contributed by atoms with E-state index in [0.717, 1.165) is 71.0 Å². The van der Waals surface area contributed by atoms with E-state index in [9.17, 15) is 4.79 Å². The molecule has 1 amide bonds. The number of aromatic nitrogens is 1. The summed E-state index contributed by atoms with van der Waals surface area (Å²) >= 11 is 0. The largest absolute Gasteiger partial charge is 0.354 e. The van der Waals surface area contributed by atoms with Crippen molar-refractivity contribution in [2.75, 3.05) is 50.7 Å². The highest BCUT2D eigenvalue weighted by atomic mass is 16.2. The molecule has 156 valence electrons. The Morgan fingerprint density at radius 2 is 1.82 bits per heavy atom. The van der Waals surface area contributed by atoms with Gasteiger partial charge in [-0.2, -0.15) is 0 Å². The molecule has 6 nitrogen and oxygen atoms in total. The third-order valence-electron chi connectivity index (χ3n) is 6.05. The molecular formula is C22H37N5O. The first-order valence-electron chi connectivity index (χ1n) is 11.1.